The summed E-state index contributed by atoms with van der Waals surface area (Å²) in [7, 11) is 0. The third-order valence-corrected chi connectivity index (χ3v) is 3.61. The molecule has 1 unspecified atom stereocenters. The predicted molar refractivity (Wildman–Crippen MR) is 66.4 cm³/mol. The number of aliphatic hydroxyl groups excluding tert-OH is 1. The van der Waals surface area contributed by atoms with Gasteiger partial charge in [0, 0.05) is 6.54 Å². The number of hydrogen-bond donors (Lipinski definition) is 3. The zero-order valence-electron chi connectivity index (χ0n) is 10.5. The minimum Gasteiger partial charge on any atom is -0.393 e. The molecule has 0 heterocycles. The molecule has 0 aliphatic heterocycles. The van der Waals surface area contributed by atoms with E-state index in [4.69, 9.17) is 0 Å². The Kier molecular flexibility index (Phi) is 6.32. The van der Waals surface area contributed by atoms with E-state index in [9.17, 15) is 10.2 Å². The summed E-state index contributed by atoms with van der Waals surface area (Å²) in [5, 5.41) is 23.0. The van der Waals surface area contributed by atoms with Crippen molar-refractivity contribution in [2.24, 2.45) is 0 Å². The number of hydrogen-bond acceptors (Lipinski definition) is 3. The summed E-state index contributed by atoms with van der Waals surface area (Å²) < 4.78 is 0. The standard InChI is InChI=1S/C13H27NO2/c1-2-12(15)7-10-14-11-13(16)8-5-3-4-6-9-13/h12,14-16H,2-11H2,1H3. The van der Waals surface area contributed by atoms with Crippen molar-refractivity contribution in [2.45, 2.75) is 70.0 Å². The molecule has 0 saturated heterocycles. The SMILES string of the molecule is CCC(O)CCNCC1(O)CCCCCC1. The highest BCUT2D eigenvalue weighted by Crippen LogP contribution is 2.26. The van der Waals surface area contributed by atoms with Crippen molar-refractivity contribution < 1.29 is 10.2 Å². The Morgan fingerprint density at radius 3 is 2.38 bits per heavy atom. The fourth-order valence-corrected chi connectivity index (χ4v) is 2.36. The highest BCUT2D eigenvalue weighted by Gasteiger charge is 2.27. The van der Waals surface area contributed by atoms with Gasteiger partial charge < -0.3 is 15.5 Å². The molecule has 0 bridgehead atoms. The monoisotopic (exact) mass is 229 g/mol. The molecule has 0 radical (unpaired) electrons. The first-order valence-corrected chi connectivity index (χ1v) is 6.77. The van der Waals surface area contributed by atoms with Crippen LogP contribution in [-0.4, -0.2) is 35.0 Å². The fourth-order valence-electron chi connectivity index (χ4n) is 2.36. The lowest BCUT2D eigenvalue weighted by Gasteiger charge is -2.27. The van der Waals surface area contributed by atoms with Crippen LogP contribution in [0.3, 0.4) is 0 Å². The minimum absolute atomic E-state index is 0.198. The lowest BCUT2D eigenvalue weighted by Crippen LogP contribution is -2.40. The highest BCUT2D eigenvalue weighted by molar-refractivity contribution is 4.83. The Bertz CT molecular complexity index is 177. The Morgan fingerprint density at radius 1 is 1.19 bits per heavy atom. The van der Waals surface area contributed by atoms with E-state index in [-0.39, 0.29) is 6.10 Å². The summed E-state index contributed by atoms with van der Waals surface area (Å²) in [6.07, 6.45) is 8.07. The number of aliphatic hydroxyl groups is 2. The summed E-state index contributed by atoms with van der Waals surface area (Å²) in [4.78, 5) is 0. The second-order valence-corrected chi connectivity index (χ2v) is 5.17. The first-order valence-electron chi connectivity index (χ1n) is 6.77. The van der Waals surface area contributed by atoms with Gasteiger partial charge in [-0.3, -0.25) is 0 Å². The van der Waals surface area contributed by atoms with E-state index in [1.165, 1.54) is 12.8 Å². The van der Waals surface area contributed by atoms with Gasteiger partial charge in [-0.05, 0) is 32.2 Å². The molecule has 3 heteroatoms. The molecular formula is C13H27NO2. The highest BCUT2D eigenvalue weighted by atomic mass is 16.3. The van der Waals surface area contributed by atoms with Gasteiger partial charge in [0.2, 0.25) is 0 Å². The maximum atomic E-state index is 10.3. The van der Waals surface area contributed by atoms with Crippen LogP contribution >= 0.6 is 0 Å². The lowest BCUT2D eigenvalue weighted by molar-refractivity contribution is 0.0245. The van der Waals surface area contributed by atoms with Crippen LogP contribution in [-0.2, 0) is 0 Å². The zero-order valence-corrected chi connectivity index (χ0v) is 10.5. The van der Waals surface area contributed by atoms with Crippen LogP contribution in [0, 0.1) is 0 Å². The van der Waals surface area contributed by atoms with Gasteiger partial charge in [-0.25, -0.2) is 0 Å². The number of nitrogens with one attached hydrogen (secondary N) is 1. The maximum Gasteiger partial charge on any atom is 0.0771 e. The first kappa shape index (κ1) is 13.9. The third-order valence-electron chi connectivity index (χ3n) is 3.61. The molecule has 1 atom stereocenters. The summed E-state index contributed by atoms with van der Waals surface area (Å²) in [6.45, 7) is 3.48. The number of rotatable bonds is 6. The van der Waals surface area contributed by atoms with Crippen molar-refractivity contribution in [1.29, 1.82) is 0 Å². The van der Waals surface area contributed by atoms with Gasteiger partial charge in [-0.2, -0.15) is 0 Å². The van der Waals surface area contributed by atoms with Gasteiger partial charge in [0.1, 0.15) is 0 Å². The van der Waals surface area contributed by atoms with E-state index in [2.05, 4.69) is 5.32 Å². The molecule has 3 nitrogen and oxygen atoms in total. The van der Waals surface area contributed by atoms with Crippen molar-refractivity contribution in [3.05, 3.63) is 0 Å². The Labute approximate surface area is 99.3 Å². The van der Waals surface area contributed by atoms with E-state index < -0.39 is 5.60 Å². The maximum absolute atomic E-state index is 10.3. The van der Waals surface area contributed by atoms with Gasteiger partial charge >= 0.3 is 0 Å². The summed E-state index contributed by atoms with van der Waals surface area (Å²) >= 11 is 0. The molecule has 3 N–H and O–H groups in total. The summed E-state index contributed by atoms with van der Waals surface area (Å²) in [5.41, 5.74) is -0.492. The second kappa shape index (κ2) is 7.25. The van der Waals surface area contributed by atoms with Gasteiger partial charge in [-0.1, -0.05) is 32.6 Å². The molecule has 1 saturated carbocycles. The van der Waals surface area contributed by atoms with Crippen LogP contribution in [0.4, 0.5) is 0 Å². The summed E-state index contributed by atoms with van der Waals surface area (Å²) in [6, 6.07) is 0. The van der Waals surface area contributed by atoms with E-state index in [0.717, 1.165) is 45.1 Å². The van der Waals surface area contributed by atoms with Gasteiger partial charge in [0.15, 0.2) is 0 Å². The molecule has 1 rings (SSSR count). The molecule has 0 aromatic heterocycles. The molecule has 0 spiro atoms. The molecule has 0 aromatic rings. The smallest absolute Gasteiger partial charge is 0.0771 e. The third kappa shape index (κ3) is 5.28. The summed E-state index contributed by atoms with van der Waals surface area (Å²) in [5.74, 6) is 0. The average molecular weight is 229 g/mol. The van der Waals surface area contributed by atoms with Crippen LogP contribution < -0.4 is 5.32 Å². The van der Waals surface area contributed by atoms with E-state index in [1.807, 2.05) is 6.92 Å². The van der Waals surface area contributed by atoms with Crippen molar-refractivity contribution >= 4 is 0 Å². The molecular weight excluding hydrogens is 202 g/mol. The van der Waals surface area contributed by atoms with Crippen molar-refractivity contribution in [3.8, 4) is 0 Å². The van der Waals surface area contributed by atoms with Crippen LogP contribution in [0.25, 0.3) is 0 Å². The second-order valence-electron chi connectivity index (χ2n) is 5.17. The zero-order chi connectivity index (χ0) is 11.9. The fraction of sp³-hybridized carbons (Fsp3) is 1.00. The quantitative estimate of drug-likeness (QED) is 0.481. The Hall–Kier alpha value is -0.120. The van der Waals surface area contributed by atoms with Crippen molar-refractivity contribution in [2.75, 3.05) is 13.1 Å². The van der Waals surface area contributed by atoms with E-state index in [0.29, 0.717) is 6.54 Å². The molecule has 16 heavy (non-hydrogen) atoms. The molecule has 96 valence electrons. The molecule has 1 fully saturated rings. The Balaban J connectivity index is 2.14. The predicted octanol–water partition coefficient (Wildman–Crippen LogP) is 1.82. The molecule has 0 aromatic carbocycles. The topological polar surface area (TPSA) is 52.5 Å². The molecule has 0 amide bonds. The van der Waals surface area contributed by atoms with Crippen LogP contribution in [0.5, 0.6) is 0 Å². The normalized spacial score (nSPS) is 22.7. The van der Waals surface area contributed by atoms with Crippen molar-refractivity contribution in [3.63, 3.8) is 0 Å². The van der Waals surface area contributed by atoms with Crippen LogP contribution in [0.15, 0.2) is 0 Å². The average Bonchev–Trinajstić information content (AvgIpc) is 2.50. The van der Waals surface area contributed by atoms with Gasteiger partial charge in [0.25, 0.3) is 0 Å². The Morgan fingerprint density at radius 2 is 1.81 bits per heavy atom. The van der Waals surface area contributed by atoms with Crippen molar-refractivity contribution in [1.82, 2.24) is 5.32 Å². The first-order chi connectivity index (χ1) is 7.66. The molecule has 1 aliphatic rings. The van der Waals surface area contributed by atoms with Crippen LogP contribution in [0.2, 0.25) is 0 Å². The molecule has 1 aliphatic carbocycles. The van der Waals surface area contributed by atoms with Gasteiger partial charge in [0.05, 0.1) is 11.7 Å². The van der Waals surface area contributed by atoms with E-state index in [1.54, 1.807) is 0 Å². The largest absolute Gasteiger partial charge is 0.393 e. The van der Waals surface area contributed by atoms with Gasteiger partial charge in [-0.15, -0.1) is 0 Å². The minimum atomic E-state index is -0.492. The lowest BCUT2D eigenvalue weighted by atomic mass is 9.94. The van der Waals surface area contributed by atoms with E-state index >= 15 is 0 Å². The van der Waals surface area contributed by atoms with Crippen LogP contribution in [0.1, 0.15) is 58.3 Å².